The molecule has 1 aliphatic heterocycles. The fourth-order valence-corrected chi connectivity index (χ4v) is 2.63. The summed E-state index contributed by atoms with van der Waals surface area (Å²) in [7, 11) is 3.68. The Morgan fingerprint density at radius 3 is 2.60 bits per heavy atom. The summed E-state index contributed by atoms with van der Waals surface area (Å²) >= 11 is 0. The summed E-state index contributed by atoms with van der Waals surface area (Å²) in [5, 5.41) is 10.3. The Morgan fingerprint density at radius 2 is 1.90 bits per heavy atom. The molecule has 3 rings (SSSR count). The van der Waals surface area contributed by atoms with Crippen molar-refractivity contribution in [3.05, 3.63) is 77.3 Å². The Kier molecular flexibility index (Phi) is 3.11. The van der Waals surface area contributed by atoms with Crippen LogP contribution in [0.1, 0.15) is 5.56 Å². The molecule has 0 fully saturated rings. The van der Waals surface area contributed by atoms with Crippen LogP contribution in [-0.2, 0) is 4.74 Å². The number of benzene rings is 1. The summed E-state index contributed by atoms with van der Waals surface area (Å²) in [5.41, 5.74) is 2.98. The average molecular weight is 267 g/mol. The fraction of sp³-hybridized carbons (Fsp3) is 0.176. The Balaban J connectivity index is 2.06. The third-order valence-electron chi connectivity index (χ3n) is 3.74. The van der Waals surface area contributed by atoms with Gasteiger partial charge in [0, 0.05) is 24.4 Å². The maximum absolute atomic E-state index is 10.3. The first-order valence-electron chi connectivity index (χ1n) is 6.57. The van der Waals surface area contributed by atoms with Crippen LogP contribution in [0.2, 0.25) is 0 Å². The maximum atomic E-state index is 10.3. The first-order valence-corrected chi connectivity index (χ1v) is 6.57. The summed E-state index contributed by atoms with van der Waals surface area (Å²) in [6.07, 6.45) is 7.61. The zero-order valence-electron chi connectivity index (χ0n) is 11.6. The second-order valence-corrected chi connectivity index (χ2v) is 4.90. The minimum atomic E-state index is -0.00449. The van der Waals surface area contributed by atoms with E-state index in [2.05, 4.69) is 4.90 Å². The minimum absolute atomic E-state index is 0.00449. The van der Waals surface area contributed by atoms with Gasteiger partial charge in [-0.15, -0.1) is 0 Å². The van der Waals surface area contributed by atoms with Crippen LogP contribution in [0.15, 0.2) is 71.7 Å². The monoisotopic (exact) mass is 267 g/mol. The van der Waals surface area contributed by atoms with Gasteiger partial charge in [0.05, 0.1) is 13.2 Å². The quantitative estimate of drug-likeness (QED) is 0.892. The molecule has 1 aromatic carbocycles. The molecule has 1 aromatic rings. The van der Waals surface area contributed by atoms with Crippen LogP contribution < -0.4 is 0 Å². The van der Waals surface area contributed by atoms with E-state index in [4.69, 9.17) is 4.74 Å². The predicted molar refractivity (Wildman–Crippen MR) is 79.9 cm³/mol. The lowest BCUT2D eigenvalue weighted by Gasteiger charge is -2.36. The van der Waals surface area contributed by atoms with Gasteiger partial charge in [-0.05, 0) is 23.8 Å². The zero-order chi connectivity index (χ0) is 14.1. The molecule has 1 N–H and O–H groups in total. The van der Waals surface area contributed by atoms with Gasteiger partial charge in [-0.1, -0.05) is 30.3 Å². The second-order valence-electron chi connectivity index (χ2n) is 4.90. The van der Waals surface area contributed by atoms with Gasteiger partial charge in [0.15, 0.2) is 0 Å². The molecule has 0 aromatic heterocycles. The molecule has 102 valence electrons. The van der Waals surface area contributed by atoms with Crippen LogP contribution in [0.3, 0.4) is 0 Å². The van der Waals surface area contributed by atoms with Crippen molar-refractivity contribution < 1.29 is 9.84 Å². The number of nitrogens with zero attached hydrogens (tertiary/aromatic N) is 1. The van der Waals surface area contributed by atoms with Crippen molar-refractivity contribution >= 4 is 5.70 Å². The molecule has 3 heteroatoms. The van der Waals surface area contributed by atoms with Crippen LogP contribution in [0, 0.1) is 0 Å². The van der Waals surface area contributed by atoms with Crippen molar-refractivity contribution in [1.29, 1.82) is 0 Å². The van der Waals surface area contributed by atoms with Crippen molar-refractivity contribution in [2.24, 2.45) is 0 Å². The van der Waals surface area contributed by atoms with E-state index in [1.54, 1.807) is 7.11 Å². The number of rotatable bonds is 2. The number of methoxy groups -OCH3 is 1. The number of hydrogen-bond acceptors (Lipinski definition) is 3. The highest BCUT2D eigenvalue weighted by atomic mass is 16.5. The Labute approximate surface area is 118 Å². The van der Waals surface area contributed by atoms with E-state index in [1.807, 2.05) is 61.7 Å². The standard InChI is InChI=1S/C17H17NO2/c1-18-15(12-6-4-3-5-7-12)11-17(19)14-9-8-13(20-2)10-16(14)18/h3-11,16,19H,1-2H3. The Bertz CT molecular complexity index is 638. The molecule has 0 bridgehead atoms. The van der Waals surface area contributed by atoms with Gasteiger partial charge in [-0.25, -0.2) is 0 Å². The van der Waals surface area contributed by atoms with E-state index in [1.165, 1.54) is 0 Å². The topological polar surface area (TPSA) is 32.7 Å². The van der Waals surface area contributed by atoms with Crippen molar-refractivity contribution in [3.8, 4) is 0 Å². The van der Waals surface area contributed by atoms with E-state index in [-0.39, 0.29) is 6.04 Å². The first-order chi connectivity index (χ1) is 9.70. The van der Waals surface area contributed by atoms with Gasteiger partial charge < -0.3 is 14.7 Å². The molecule has 0 saturated heterocycles. The second kappa shape index (κ2) is 4.93. The van der Waals surface area contributed by atoms with Gasteiger partial charge in [-0.2, -0.15) is 0 Å². The third-order valence-corrected chi connectivity index (χ3v) is 3.74. The van der Waals surface area contributed by atoms with Crippen LogP contribution in [-0.4, -0.2) is 30.2 Å². The van der Waals surface area contributed by atoms with Crippen LogP contribution >= 0.6 is 0 Å². The summed E-state index contributed by atoms with van der Waals surface area (Å²) < 4.78 is 5.29. The molecular weight excluding hydrogens is 250 g/mol. The lowest BCUT2D eigenvalue weighted by molar-refractivity contribution is 0.295. The molecule has 0 radical (unpaired) electrons. The lowest BCUT2D eigenvalue weighted by Crippen LogP contribution is -2.34. The van der Waals surface area contributed by atoms with Gasteiger partial charge in [0.1, 0.15) is 11.5 Å². The van der Waals surface area contributed by atoms with Crippen molar-refractivity contribution in [1.82, 2.24) is 4.90 Å². The first kappa shape index (κ1) is 12.6. The summed E-state index contributed by atoms with van der Waals surface area (Å²) in [6, 6.07) is 10.1. The van der Waals surface area contributed by atoms with E-state index < -0.39 is 0 Å². The highest BCUT2D eigenvalue weighted by molar-refractivity contribution is 5.70. The number of likely N-dealkylation sites (N-methyl/N-ethyl adjacent to an activating group) is 1. The van der Waals surface area contributed by atoms with Crippen LogP contribution in [0.4, 0.5) is 0 Å². The third kappa shape index (κ3) is 2.01. The van der Waals surface area contributed by atoms with E-state index in [0.29, 0.717) is 5.76 Å². The highest BCUT2D eigenvalue weighted by Gasteiger charge is 2.28. The van der Waals surface area contributed by atoms with Gasteiger partial charge in [0.2, 0.25) is 0 Å². The van der Waals surface area contributed by atoms with Gasteiger partial charge in [0.25, 0.3) is 0 Å². The number of ether oxygens (including phenoxy) is 1. The largest absolute Gasteiger partial charge is 0.507 e. The van der Waals surface area contributed by atoms with E-state index in [9.17, 15) is 5.11 Å². The molecule has 1 atom stereocenters. The summed E-state index contributed by atoms with van der Waals surface area (Å²) in [6.45, 7) is 0. The summed E-state index contributed by atoms with van der Waals surface area (Å²) in [5.74, 6) is 1.13. The van der Waals surface area contributed by atoms with Crippen molar-refractivity contribution in [2.75, 3.05) is 14.2 Å². The predicted octanol–water partition coefficient (Wildman–Crippen LogP) is 3.25. The zero-order valence-corrected chi connectivity index (χ0v) is 11.6. The summed E-state index contributed by atoms with van der Waals surface area (Å²) in [4.78, 5) is 2.15. The normalized spacial score (nSPS) is 21.3. The minimum Gasteiger partial charge on any atom is -0.507 e. The average Bonchev–Trinajstić information content (AvgIpc) is 2.51. The molecule has 0 spiro atoms. The maximum Gasteiger partial charge on any atom is 0.123 e. The van der Waals surface area contributed by atoms with Crippen LogP contribution in [0.25, 0.3) is 5.70 Å². The van der Waals surface area contributed by atoms with Crippen molar-refractivity contribution in [2.45, 2.75) is 6.04 Å². The number of allylic oxidation sites excluding steroid dienone is 2. The lowest BCUT2D eigenvalue weighted by atomic mass is 9.93. The van der Waals surface area contributed by atoms with Gasteiger partial charge >= 0.3 is 0 Å². The fourth-order valence-electron chi connectivity index (χ4n) is 2.63. The molecule has 3 nitrogen and oxygen atoms in total. The number of fused-ring (bicyclic) bond motifs is 1. The molecule has 20 heavy (non-hydrogen) atoms. The van der Waals surface area contributed by atoms with Crippen LogP contribution in [0.5, 0.6) is 0 Å². The molecular formula is C17H17NO2. The van der Waals surface area contributed by atoms with E-state index in [0.717, 1.165) is 22.6 Å². The number of aliphatic hydroxyl groups is 1. The molecule has 1 heterocycles. The molecule has 1 unspecified atom stereocenters. The molecule has 2 aliphatic rings. The number of hydrogen-bond donors (Lipinski definition) is 1. The Hall–Kier alpha value is -2.42. The molecule has 0 saturated carbocycles. The van der Waals surface area contributed by atoms with Crippen molar-refractivity contribution in [3.63, 3.8) is 0 Å². The SMILES string of the molecule is COC1=CC2C(=C(O)C=C(c3ccccc3)N2C)C=C1. The smallest absolute Gasteiger partial charge is 0.123 e. The Morgan fingerprint density at radius 1 is 1.15 bits per heavy atom. The van der Waals surface area contributed by atoms with E-state index >= 15 is 0 Å². The molecule has 1 aliphatic carbocycles. The highest BCUT2D eigenvalue weighted by Crippen LogP contribution is 2.34. The van der Waals surface area contributed by atoms with Gasteiger partial charge in [-0.3, -0.25) is 0 Å². The molecule has 0 amide bonds. The number of aliphatic hydroxyl groups excluding tert-OH is 1.